The van der Waals surface area contributed by atoms with E-state index in [0.717, 1.165) is 0 Å². The number of nitrogens with zero attached hydrogens (tertiary/aromatic N) is 4. The van der Waals surface area contributed by atoms with E-state index in [-0.39, 0.29) is 24.2 Å². The molecule has 0 unspecified atom stereocenters. The highest BCUT2D eigenvalue weighted by Gasteiger charge is 2.31. The summed E-state index contributed by atoms with van der Waals surface area (Å²) in [5.74, 6) is 0.469. The van der Waals surface area contributed by atoms with Crippen LogP contribution >= 0.6 is 7.52 Å². The summed E-state index contributed by atoms with van der Waals surface area (Å²) in [5.41, 5.74) is 6.94. The number of benzene rings is 1. The van der Waals surface area contributed by atoms with Crippen LogP contribution in [0.15, 0.2) is 43.0 Å². The maximum absolute atomic E-state index is 13.6. The van der Waals surface area contributed by atoms with Gasteiger partial charge in [0.25, 0.3) is 0 Å². The zero-order valence-corrected chi connectivity index (χ0v) is 19.5. The van der Waals surface area contributed by atoms with Crippen LogP contribution < -0.4 is 15.3 Å². The number of hydrogen-bond donors (Lipinski definition) is 2. The summed E-state index contributed by atoms with van der Waals surface area (Å²) in [6.45, 7) is 7.51. The van der Waals surface area contributed by atoms with Crippen molar-refractivity contribution in [1.82, 2.24) is 24.6 Å². The Balaban J connectivity index is 1.71. The molecule has 0 aliphatic carbocycles. The van der Waals surface area contributed by atoms with E-state index in [0.29, 0.717) is 29.3 Å². The van der Waals surface area contributed by atoms with Gasteiger partial charge in [0, 0.05) is 5.92 Å². The van der Waals surface area contributed by atoms with Gasteiger partial charge >= 0.3 is 7.52 Å². The number of nitrogens with one attached hydrogen (secondary N) is 1. The third-order valence-corrected chi connectivity index (χ3v) is 6.57. The number of hydrogen-bond acceptors (Lipinski definition) is 8. The minimum Gasteiger partial charge on any atom is -0.431 e. The molecule has 0 aliphatic heterocycles. The first-order chi connectivity index (χ1) is 15.2. The molecule has 0 saturated carbocycles. The number of ketones is 1. The third-order valence-electron chi connectivity index (χ3n) is 4.79. The molecule has 0 saturated heterocycles. The molecule has 2 heterocycles. The molecule has 10 nitrogen and oxygen atoms in total. The van der Waals surface area contributed by atoms with Gasteiger partial charge in [-0.15, -0.1) is 0 Å². The normalized spacial score (nSPS) is 15.4. The number of imidazole rings is 1. The van der Waals surface area contributed by atoms with Crippen LogP contribution in [0, 0.1) is 5.92 Å². The number of carbonyl (C=O) groups excluding carboxylic acids is 1. The van der Waals surface area contributed by atoms with Crippen LogP contribution in [0.2, 0.25) is 0 Å². The van der Waals surface area contributed by atoms with Crippen LogP contribution in [0.1, 0.15) is 27.7 Å². The number of carbonyl (C=O) groups is 1. The first kappa shape index (κ1) is 23.8. The van der Waals surface area contributed by atoms with Gasteiger partial charge in [-0.25, -0.2) is 20.0 Å². The lowest BCUT2D eigenvalue weighted by molar-refractivity contribution is -0.123. The van der Waals surface area contributed by atoms with Gasteiger partial charge in [0.15, 0.2) is 17.2 Å². The number of rotatable bonds is 11. The molecular formula is C21H29N6O4P. The predicted molar refractivity (Wildman–Crippen MR) is 122 cm³/mol. The molecule has 0 spiro atoms. The van der Waals surface area contributed by atoms with Crippen LogP contribution in [0.25, 0.3) is 11.2 Å². The zero-order chi connectivity index (χ0) is 23.3. The summed E-state index contributed by atoms with van der Waals surface area (Å²) in [7, 11) is -3.55. The maximum atomic E-state index is 13.6. The fraction of sp³-hybridized carbons (Fsp3) is 0.429. The Hall–Kier alpha value is -2.81. The van der Waals surface area contributed by atoms with E-state index in [4.69, 9.17) is 15.0 Å². The molecule has 1 aromatic carbocycles. The van der Waals surface area contributed by atoms with Crippen LogP contribution in [-0.2, 0) is 20.6 Å². The summed E-state index contributed by atoms with van der Waals surface area (Å²) < 4.78 is 27.1. The second kappa shape index (κ2) is 10.2. The number of para-hydroxylation sites is 1. The maximum Gasteiger partial charge on any atom is 0.342 e. The highest BCUT2D eigenvalue weighted by Crippen LogP contribution is 2.44. The quantitative estimate of drug-likeness (QED) is 0.413. The second-order valence-corrected chi connectivity index (χ2v) is 9.97. The summed E-state index contributed by atoms with van der Waals surface area (Å²) in [4.78, 5) is 24.8. The highest BCUT2D eigenvalue weighted by atomic mass is 31.2. The van der Waals surface area contributed by atoms with E-state index in [1.54, 1.807) is 55.9 Å². The molecule has 3 rings (SSSR count). The number of nitrogens with two attached hydrogens (primary N) is 1. The van der Waals surface area contributed by atoms with Crippen molar-refractivity contribution in [2.24, 2.45) is 5.92 Å². The standard InChI is InChI=1S/C21H29N6O4P/c1-14(2)19(28)16(4)26-32(29,31-17-8-6-5-7-9-17)13-30-15(3)10-27-12-25-18-20(22)23-11-24-21(18)27/h5-9,11-12,14-16H,10,13H2,1-4H3,(H,26,29)(H2,22,23,24)/t15-,16+,32+/m1/s1. The Bertz CT molecular complexity index is 1100. The van der Waals surface area contributed by atoms with E-state index in [1.165, 1.54) is 6.33 Å². The van der Waals surface area contributed by atoms with Crippen LogP contribution in [0.4, 0.5) is 5.82 Å². The van der Waals surface area contributed by atoms with E-state index in [2.05, 4.69) is 20.0 Å². The number of aromatic nitrogens is 4. The number of nitrogen functional groups attached to an aromatic ring is 1. The molecule has 172 valence electrons. The van der Waals surface area contributed by atoms with Crippen molar-refractivity contribution in [1.29, 1.82) is 0 Å². The van der Waals surface area contributed by atoms with E-state index in [9.17, 15) is 9.36 Å². The van der Waals surface area contributed by atoms with Crippen LogP contribution in [-0.4, -0.2) is 43.8 Å². The summed E-state index contributed by atoms with van der Waals surface area (Å²) >= 11 is 0. The van der Waals surface area contributed by atoms with Crippen LogP contribution in [0.5, 0.6) is 5.75 Å². The topological polar surface area (TPSA) is 134 Å². The highest BCUT2D eigenvalue weighted by molar-refractivity contribution is 7.57. The largest absolute Gasteiger partial charge is 0.431 e. The summed E-state index contributed by atoms with van der Waals surface area (Å²) in [6.07, 6.45) is 2.41. The molecule has 3 N–H and O–H groups in total. The van der Waals surface area contributed by atoms with Crippen LogP contribution in [0.3, 0.4) is 0 Å². The molecule has 0 aliphatic rings. The molecule has 11 heteroatoms. The average Bonchev–Trinajstić information content (AvgIpc) is 3.16. The Morgan fingerprint density at radius 1 is 1.16 bits per heavy atom. The van der Waals surface area contributed by atoms with Crippen molar-refractivity contribution >= 4 is 30.3 Å². The van der Waals surface area contributed by atoms with Gasteiger partial charge in [0.1, 0.15) is 23.9 Å². The average molecular weight is 460 g/mol. The molecule has 2 aromatic heterocycles. The second-order valence-electron chi connectivity index (χ2n) is 7.92. The molecule has 32 heavy (non-hydrogen) atoms. The van der Waals surface area contributed by atoms with Gasteiger partial charge in [0.05, 0.1) is 25.0 Å². The molecule has 3 aromatic rings. The lowest BCUT2D eigenvalue weighted by Gasteiger charge is -2.25. The Labute approximate surface area is 187 Å². The van der Waals surface area contributed by atoms with E-state index >= 15 is 0 Å². The van der Waals surface area contributed by atoms with Crippen molar-refractivity contribution < 1.29 is 18.6 Å². The minimum atomic E-state index is -3.55. The monoisotopic (exact) mass is 460 g/mol. The summed E-state index contributed by atoms with van der Waals surface area (Å²) in [6, 6.07) is 8.15. The number of Topliss-reactive ketones (excluding diaryl/α,β-unsaturated/α-hetero) is 1. The Kier molecular flexibility index (Phi) is 7.60. The molecule has 0 amide bonds. The number of anilines is 1. The van der Waals surface area contributed by atoms with Gasteiger partial charge in [-0.1, -0.05) is 32.0 Å². The van der Waals surface area contributed by atoms with Crippen molar-refractivity contribution in [2.75, 3.05) is 12.1 Å². The van der Waals surface area contributed by atoms with E-state index in [1.807, 2.05) is 13.0 Å². The molecule has 0 fully saturated rings. The first-order valence-electron chi connectivity index (χ1n) is 10.4. The minimum absolute atomic E-state index is 0.0582. The molecular weight excluding hydrogens is 431 g/mol. The molecule has 0 bridgehead atoms. The lowest BCUT2D eigenvalue weighted by atomic mass is 10.0. The third kappa shape index (κ3) is 5.91. The number of fused-ring (bicyclic) bond motifs is 1. The van der Waals surface area contributed by atoms with Crippen molar-refractivity contribution in [3.05, 3.63) is 43.0 Å². The fourth-order valence-electron chi connectivity index (χ4n) is 3.19. The Morgan fingerprint density at radius 2 is 1.88 bits per heavy atom. The number of ether oxygens (including phenoxy) is 1. The van der Waals surface area contributed by atoms with Crippen molar-refractivity contribution in [3.63, 3.8) is 0 Å². The van der Waals surface area contributed by atoms with Crippen molar-refractivity contribution in [2.45, 2.75) is 46.4 Å². The van der Waals surface area contributed by atoms with Gasteiger partial charge in [0.2, 0.25) is 0 Å². The van der Waals surface area contributed by atoms with Crippen molar-refractivity contribution in [3.8, 4) is 5.75 Å². The zero-order valence-electron chi connectivity index (χ0n) is 18.6. The smallest absolute Gasteiger partial charge is 0.342 e. The van der Waals surface area contributed by atoms with Gasteiger partial charge < -0.3 is 19.6 Å². The first-order valence-corrected chi connectivity index (χ1v) is 12.2. The SMILES string of the molecule is CC(C)C(=O)[C@H](C)N[P@](=O)(CO[C@H](C)Cn1cnc2c(N)ncnc21)Oc1ccccc1. The van der Waals surface area contributed by atoms with Gasteiger partial charge in [-0.3, -0.25) is 9.36 Å². The Morgan fingerprint density at radius 3 is 2.56 bits per heavy atom. The fourth-order valence-corrected chi connectivity index (χ4v) is 5.00. The predicted octanol–water partition coefficient (Wildman–Crippen LogP) is 3.25. The van der Waals surface area contributed by atoms with E-state index < -0.39 is 13.6 Å². The summed E-state index contributed by atoms with van der Waals surface area (Å²) in [5, 5.41) is 2.88. The van der Waals surface area contributed by atoms with Gasteiger partial charge in [-0.05, 0) is 26.0 Å². The molecule has 0 radical (unpaired) electrons. The molecule has 3 atom stereocenters. The van der Waals surface area contributed by atoms with Gasteiger partial charge in [-0.2, -0.15) is 0 Å². The lowest BCUT2D eigenvalue weighted by Crippen LogP contribution is -2.37.